The van der Waals surface area contributed by atoms with Gasteiger partial charge in [-0.1, -0.05) is 81.8 Å². The molecule has 1 aliphatic heterocycles. The van der Waals surface area contributed by atoms with Gasteiger partial charge in [0.15, 0.2) is 5.96 Å². The van der Waals surface area contributed by atoms with Crippen LogP contribution in [0.3, 0.4) is 0 Å². The number of rotatable bonds is 13. The van der Waals surface area contributed by atoms with Gasteiger partial charge in [-0.3, -0.25) is 34.2 Å². The summed E-state index contributed by atoms with van der Waals surface area (Å²) in [5.41, 5.74) is 8.74. The van der Waals surface area contributed by atoms with Crippen LogP contribution in [0.2, 0.25) is 0 Å². The van der Waals surface area contributed by atoms with Gasteiger partial charge in [0.1, 0.15) is 24.2 Å². The fourth-order valence-electron chi connectivity index (χ4n) is 7.88. The van der Waals surface area contributed by atoms with Crippen molar-refractivity contribution in [2.45, 2.75) is 102 Å². The summed E-state index contributed by atoms with van der Waals surface area (Å²) >= 11 is 0. The molecule has 348 valence electrons. The number of nitrogens with one attached hydrogen (secondary N) is 11. The minimum absolute atomic E-state index is 0.0194. The van der Waals surface area contributed by atoms with Crippen molar-refractivity contribution in [3.05, 3.63) is 102 Å². The number of fused-ring (bicyclic) bond motifs is 1. The Morgan fingerprint density at radius 3 is 2.14 bits per heavy atom. The number of hydrogen-bond donors (Lipinski definition) is 12. The summed E-state index contributed by atoms with van der Waals surface area (Å²) in [5.74, 6) is -3.65. The minimum Gasteiger partial charge on any atom is -0.387 e. The highest BCUT2D eigenvalue weighted by Gasteiger charge is 2.33. The van der Waals surface area contributed by atoms with E-state index in [1.165, 1.54) is 6.33 Å². The number of para-hydroxylation sites is 1. The van der Waals surface area contributed by atoms with Gasteiger partial charge in [-0.25, -0.2) is 4.98 Å². The first-order valence-electron chi connectivity index (χ1n) is 22.2. The second kappa shape index (κ2) is 24.6. The van der Waals surface area contributed by atoms with E-state index in [0.29, 0.717) is 29.8 Å². The number of aromatic nitrogens is 3. The molecule has 6 amide bonds. The number of H-pyrrole nitrogens is 2. The Hall–Kier alpha value is -7.18. The van der Waals surface area contributed by atoms with Gasteiger partial charge in [0.05, 0.1) is 18.6 Å². The van der Waals surface area contributed by atoms with Gasteiger partial charge in [-0.15, -0.1) is 0 Å². The van der Waals surface area contributed by atoms with Gasteiger partial charge < -0.3 is 58.2 Å². The van der Waals surface area contributed by atoms with E-state index in [4.69, 9.17) is 11.1 Å². The number of guanidine groups is 1. The number of aromatic amines is 2. The maximum atomic E-state index is 14.5. The molecule has 2 unspecified atom stereocenters. The molecule has 0 radical (unpaired) electrons. The smallest absolute Gasteiger partial charge is 0.243 e. The molecule has 5 rings (SSSR count). The normalized spacial score (nSPS) is 21.3. The highest BCUT2D eigenvalue weighted by molar-refractivity contribution is 5.96. The highest BCUT2D eigenvalue weighted by Crippen LogP contribution is 2.20. The van der Waals surface area contributed by atoms with E-state index in [1.807, 2.05) is 44.2 Å². The number of nitrogens with zero attached hydrogens (tertiary/aromatic N) is 1. The van der Waals surface area contributed by atoms with Crippen molar-refractivity contribution in [3.8, 4) is 0 Å². The van der Waals surface area contributed by atoms with Crippen LogP contribution in [0, 0.1) is 11.3 Å². The standard InChI is InChI=1S/C46H63N13O6/c1-4-30(5-2)36-23-41(61)56-39(22-32-26-49-27-54-32)45(65)58-37(20-29-12-7-6-8-13-29)44(64)57-35(16-11-18-51-46(47)48)43(63)59-38(21-31-25-52-34-15-10-9-14-33(31)34)42(62)53-24-28(3)50-19-17-40(60)55-36/h6-10,12-15,25-27,30,35-39,50,52H,3-5,11,16-24H2,1-2H3,(H,49,54)(H,53,62)(H,55,60)(H,56,61)(H,57,64)(H,58,65)(H,59,63)(H4,47,48,51)/t35-,36?,37?,38-,39-/m0/s1. The van der Waals surface area contributed by atoms with Crippen molar-refractivity contribution < 1.29 is 28.8 Å². The Labute approximate surface area is 378 Å². The molecule has 2 aromatic heterocycles. The zero-order chi connectivity index (χ0) is 46.7. The predicted molar refractivity (Wildman–Crippen MR) is 247 cm³/mol. The lowest BCUT2D eigenvalue weighted by molar-refractivity contribution is -0.134. The monoisotopic (exact) mass is 894 g/mol. The average Bonchev–Trinajstić information content (AvgIpc) is 3.96. The molecule has 1 fully saturated rings. The predicted octanol–water partition coefficient (Wildman–Crippen LogP) is 1.06. The first kappa shape index (κ1) is 48.8. The van der Waals surface area contributed by atoms with Crippen LogP contribution in [0.4, 0.5) is 0 Å². The molecule has 19 heteroatoms. The van der Waals surface area contributed by atoms with Crippen LogP contribution in [0.25, 0.3) is 10.9 Å². The quantitative estimate of drug-likeness (QED) is 0.0515. The third-order valence-corrected chi connectivity index (χ3v) is 11.5. The number of nitrogens with two attached hydrogens (primary N) is 1. The molecular formula is C46H63N13O6. The number of carbonyl (C=O) groups excluding carboxylic acids is 6. The van der Waals surface area contributed by atoms with Gasteiger partial charge in [0.2, 0.25) is 35.4 Å². The van der Waals surface area contributed by atoms with E-state index in [9.17, 15) is 28.8 Å². The van der Waals surface area contributed by atoms with E-state index in [1.54, 1.807) is 36.7 Å². The van der Waals surface area contributed by atoms with Crippen molar-refractivity contribution in [2.24, 2.45) is 11.7 Å². The summed E-state index contributed by atoms with van der Waals surface area (Å²) in [4.78, 5) is 94.9. The summed E-state index contributed by atoms with van der Waals surface area (Å²) in [5, 5.41) is 31.5. The van der Waals surface area contributed by atoms with Crippen molar-refractivity contribution in [1.29, 1.82) is 5.41 Å². The van der Waals surface area contributed by atoms with Crippen molar-refractivity contribution in [3.63, 3.8) is 0 Å². The van der Waals surface area contributed by atoms with Crippen LogP contribution in [-0.4, -0.2) is 106 Å². The Kier molecular flexibility index (Phi) is 18.5. The van der Waals surface area contributed by atoms with E-state index in [0.717, 1.165) is 16.5 Å². The third-order valence-electron chi connectivity index (χ3n) is 11.5. The molecule has 1 aliphatic rings. The maximum absolute atomic E-state index is 14.5. The van der Waals surface area contributed by atoms with Crippen LogP contribution >= 0.6 is 0 Å². The summed E-state index contributed by atoms with van der Waals surface area (Å²) in [6, 6.07) is 11.3. The van der Waals surface area contributed by atoms with Crippen LogP contribution in [-0.2, 0) is 48.0 Å². The molecule has 1 saturated heterocycles. The zero-order valence-electron chi connectivity index (χ0n) is 37.1. The number of amides is 6. The van der Waals surface area contributed by atoms with Gasteiger partial charge in [0.25, 0.3) is 0 Å². The molecule has 0 saturated carbocycles. The average molecular weight is 894 g/mol. The van der Waals surface area contributed by atoms with Crippen LogP contribution in [0.5, 0.6) is 0 Å². The molecular weight excluding hydrogens is 831 g/mol. The molecule has 5 atom stereocenters. The largest absolute Gasteiger partial charge is 0.387 e. The van der Waals surface area contributed by atoms with E-state index in [-0.39, 0.29) is 82.4 Å². The van der Waals surface area contributed by atoms with Crippen LogP contribution in [0.15, 0.2) is 85.6 Å². The first-order chi connectivity index (χ1) is 31.3. The Bertz CT molecular complexity index is 2240. The summed E-state index contributed by atoms with van der Waals surface area (Å²) < 4.78 is 0. The van der Waals surface area contributed by atoms with Crippen molar-refractivity contribution in [1.82, 2.24) is 57.5 Å². The SMILES string of the molecule is C=C1CNC(=O)[C@H](Cc2c[nH]c3ccccc23)NC(=O)[C@H](CCCNC(=N)N)NC(=O)C(Cc2ccccc2)NC(=O)[C@H](Cc2c[nH]cn2)NC(=O)CC(C(CC)CC)NC(=O)CCN1. The number of carbonyl (C=O) groups is 6. The van der Waals surface area contributed by atoms with Gasteiger partial charge >= 0.3 is 0 Å². The van der Waals surface area contributed by atoms with Gasteiger partial charge in [-0.2, -0.15) is 0 Å². The highest BCUT2D eigenvalue weighted by atomic mass is 16.2. The molecule has 0 bridgehead atoms. The van der Waals surface area contributed by atoms with Gasteiger partial charge in [0, 0.05) is 80.2 Å². The summed E-state index contributed by atoms with van der Waals surface area (Å²) in [7, 11) is 0. The Morgan fingerprint density at radius 1 is 0.785 bits per heavy atom. The second-order valence-electron chi connectivity index (χ2n) is 16.3. The zero-order valence-corrected chi connectivity index (χ0v) is 37.1. The van der Waals surface area contributed by atoms with Crippen molar-refractivity contribution in [2.75, 3.05) is 19.6 Å². The molecule has 2 aromatic carbocycles. The van der Waals surface area contributed by atoms with Crippen LogP contribution in [0.1, 0.15) is 69.2 Å². The second-order valence-corrected chi connectivity index (χ2v) is 16.3. The molecule has 3 heterocycles. The first-order valence-corrected chi connectivity index (χ1v) is 22.2. The topological polar surface area (TPSA) is 293 Å². The van der Waals surface area contributed by atoms with E-state index < -0.39 is 59.7 Å². The maximum Gasteiger partial charge on any atom is 0.243 e. The number of hydrogen-bond acceptors (Lipinski definition) is 9. The minimum atomic E-state index is -1.24. The number of imidazole rings is 1. The Morgan fingerprint density at radius 2 is 1.45 bits per heavy atom. The molecule has 19 nitrogen and oxygen atoms in total. The summed E-state index contributed by atoms with van der Waals surface area (Å²) in [6.45, 7) is 8.36. The molecule has 4 aromatic rings. The molecule has 0 spiro atoms. The fourth-order valence-corrected chi connectivity index (χ4v) is 7.88. The lowest BCUT2D eigenvalue weighted by atomic mass is 9.91. The fraction of sp³-hybridized carbons (Fsp3) is 0.435. The molecule has 65 heavy (non-hydrogen) atoms. The molecule has 0 aliphatic carbocycles. The van der Waals surface area contributed by atoms with Gasteiger partial charge in [-0.05, 0) is 36.0 Å². The van der Waals surface area contributed by atoms with Crippen molar-refractivity contribution >= 4 is 52.3 Å². The van der Waals surface area contributed by atoms with Crippen LogP contribution < -0.4 is 48.3 Å². The summed E-state index contributed by atoms with van der Waals surface area (Å²) in [6.07, 6.45) is 6.56. The molecule has 13 N–H and O–H groups in total. The van der Waals surface area contributed by atoms with E-state index in [2.05, 4.69) is 64.1 Å². The third kappa shape index (κ3) is 15.2. The number of benzene rings is 2. The Balaban J connectivity index is 1.51. The van der Waals surface area contributed by atoms with E-state index >= 15 is 0 Å². The lowest BCUT2D eigenvalue weighted by Gasteiger charge is -2.28. The lowest BCUT2D eigenvalue weighted by Crippen LogP contribution is -2.59.